The molecule has 1 aromatic rings. The van der Waals surface area contributed by atoms with Gasteiger partial charge in [0.05, 0.1) is 0 Å². The summed E-state index contributed by atoms with van der Waals surface area (Å²) in [5, 5.41) is 12.0. The zero-order valence-electron chi connectivity index (χ0n) is 10.6. The first kappa shape index (κ1) is 12.7. The van der Waals surface area contributed by atoms with Crippen molar-refractivity contribution in [3.8, 4) is 6.07 Å². The molecule has 0 spiro atoms. The van der Waals surface area contributed by atoms with E-state index in [1.54, 1.807) is 22.9 Å². The minimum Gasteiger partial charge on any atom is -0.352 e. The van der Waals surface area contributed by atoms with E-state index in [1.165, 1.54) is 25.7 Å². The normalized spacial score (nSPS) is 16.8. The summed E-state index contributed by atoms with van der Waals surface area (Å²) in [5.74, 6) is 0.00889. The third-order valence-corrected chi connectivity index (χ3v) is 3.48. The van der Waals surface area contributed by atoms with Gasteiger partial charge in [0.1, 0.15) is 18.3 Å². The molecule has 1 N–H and O–H groups in total. The molecule has 0 atom stereocenters. The Morgan fingerprint density at radius 1 is 1.39 bits per heavy atom. The topological polar surface area (TPSA) is 57.8 Å². The highest BCUT2D eigenvalue weighted by Crippen LogP contribution is 2.17. The molecule has 0 bridgehead atoms. The second kappa shape index (κ2) is 6.25. The molecular formula is C14H19N3O. The number of hydrogen-bond donors (Lipinski definition) is 1. The molecular weight excluding hydrogens is 226 g/mol. The van der Waals surface area contributed by atoms with Crippen LogP contribution in [-0.2, 0) is 11.3 Å². The molecule has 1 heterocycles. The Morgan fingerprint density at radius 2 is 2.11 bits per heavy atom. The van der Waals surface area contributed by atoms with E-state index in [0.29, 0.717) is 11.7 Å². The van der Waals surface area contributed by atoms with E-state index in [1.807, 2.05) is 0 Å². The number of nitrogens with one attached hydrogen (secondary N) is 1. The zero-order chi connectivity index (χ0) is 12.8. The van der Waals surface area contributed by atoms with Crippen LogP contribution in [0.25, 0.3) is 0 Å². The lowest BCUT2D eigenvalue weighted by molar-refractivity contribution is -0.122. The predicted octanol–water partition coefficient (Wildman–Crippen LogP) is 2.20. The summed E-state index contributed by atoms with van der Waals surface area (Å²) in [6.07, 6.45) is 8.91. The van der Waals surface area contributed by atoms with Gasteiger partial charge in [-0.3, -0.25) is 4.79 Å². The fourth-order valence-corrected chi connectivity index (χ4v) is 2.51. The van der Waals surface area contributed by atoms with Gasteiger partial charge in [0.2, 0.25) is 5.91 Å². The first-order chi connectivity index (χ1) is 8.79. The Kier molecular flexibility index (Phi) is 4.40. The smallest absolute Gasteiger partial charge is 0.240 e. The predicted molar refractivity (Wildman–Crippen MR) is 68.8 cm³/mol. The van der Waals surface area contributed by atoms with Crippen molar-refractivity contribution in [1.82, 2.24) is 9.88 Å². The number of aromatic nitrogens is 1. The fourth-order valence-electron chi connectivity index (χ4n) is 2.51. The van der Waals surface area contributed by atoms with Crippen molar-refractivity contribution in [3.05, 3.63) is 24.0 Å². The Hall–Kier alpha value is -1.76. The number of hydrogen-bond acceptors (Lipinski definition) is 2. The summed E-state index contributed by atoms with van der Waals surface area (Å²) < 4.78 is 1.69. The average Bonchev–Trinajstić information content (AvgIpc) is 2.64. The fraction of sp³-hybridized carbons (Fsp3) is 0.571. The molecule has 4 nitrogen and oxygen atoms in total. The molecule has 0 radical (unpaired) electrons. The van der Waals surface area contributed by atoms with Crippen molar-refractivity contribution in [2.45, 2.75) is 51.1 Å². The number of nitrogens with zero attached hydrogens (tertiary/aromatic N) is 2. The van der Waals surface area contributed by atoms with Crippen molar-refractivity contribution >= 4 is 5.91 Å². The third-order valence-electron chi connectivity index (χ3n) is 3.48. The molecule has 18 heavy (non-hydrogen) atoms. The van der Waals surface area contributed by atoms with Gasteiger partial charge in [-0.1, -0.05) is 25.7 Å². The first-order valence-electron chi connectivity index (χ1n) is 6.64. The van der Waals surface area contributed by atoms with E-state index in [-0.39, 0.29) is 12.5 Å². The SMILES string of the molecule is N#Cc1cccn1CC(=O)NC1CCCCCC1. The average molecular weight is 245 g/mol. The van der Waals surface area contributed by atoms with Crippen molar-refractivity contribution in [3.63, 3.8) is 0 Å². The van der Waals surface area contributed by atoms with Crippen molar-refractivity contribution < 1.29 is 4.79 Å². The van der Waals surface area contributed by atoms with Gasteiger partial charge in [0, 0.05) is 12.2 Å². The molecule has 96 valence electrons. The number of rotatable bonds is 3. The van der Waals surface area contributed by atoms with Crippen LogP contribution in [0.5, 0.6) is 0 Å². The van der Waals surface area contributed by atoms with Crippen molar-refractivity contribution in [2.75, 3.05) is 0 Å². The van der Waals surface area contributed by atoms with E-state index < -0.39 is 0 Å². The molecule has 0 saturated heterocycles. The first-order valence-corrected chi connectivity index (χ1v) is 6.64. The van der Waals surface area contributed by atoms with Crippen LogP contribution in [0.3, 0.4) is 0 Å². The standard InChI is InChI=1S/C14H19N3O/c15-10-13-8-5-9-17(13)11-14(18)16-12-6-3-1-2-4-7-12/h5,8-9,12H,1-4,6-7,11H2,(H,16,18). The molecule has 1 aromatic heterocycles. The van der Waals surface area contributed by atoms with Crippen LogP contribution in [0.4, 0.5) is 0 Å². The molecule has 1 amide bonds. The molecule has 1 aliphatic rings. The summed E-state index contributed by atoms with van der Waals surface area (Å²) >= 11 is 0. The molecule has 0 aromatic carbocycles. The maximum absolute atomic E-state index is 11.9. The van der Waals surface area contributed by atoms with E-state index in [9.17, 15) is 4.79 Å². The Labute approximate surface area is 108 Å². The lowest BCUT2D eigenvalue weighted by atomic mass is 10.1. The maximum atomic E-state index is 11.9. The van der Waals surface area contributed by atoms with Gasteiger partial charge in [-0.05, 0) is 25.0 Å². The van der Waals surface area contributed by atoms with Gasteiger partial charge in [-0.25, -0.2) is 0 Å². The van der Waals surface area contributed by atoms with Gasteiger partial charge < -0.3 is 9.88 Å². The quantitative estimate of drug-likeness (QED) is 0.830. The highest BCUT2D eigenvalue weighted by Gasteiger charge is 2.15. The third kappa shape index (κ3) is 3.36. The minimum atomic E-state index is 0.00889. The Balaban J connectivity index is 1.86. The summed E-state index contributed by atoms with van der Waals surface area (Å²) in [4.78, 5) is 11.9. The number of amides is 1. The van der Waals surface area contributed by atoms with Crippen LogP contribution in [0.2, 0.25) is 0 Å². The van der Waals surface area contributed by atoms with E-state index in [0.717, 1.165) is 12.8 Å². The number of carbonyl (C=O) groups is 1. The highest BCUT2D eigenvalue weighted by molar-refractivity contribution is 5.76. The maximum Gasteiger partial charge on any atom is 0.240 e. The zero-order valence-corrected chi connectivity index (χ0v) is 10.6. The number of carbonyl (C=O) groups excluding carboxylic acids is 1. The molecule has 4 heteroatoms. The Morgan fingerprint density at radius 3 is 2.78 bits per heavy atom. The van der Waals surface area contributed by atoms with Gasteiger partial charge in [0.25, 0.3) is 0 Å². The molecule has 0 unspecified atom stereocenters. The molecule has 0 aliphatic heterocycles. The molecule has 1 saturated carbocycles. The monoisotopic (exact) mass is 245 g/mol. The second-order valence-electron chi connectivity index (χ2n) is 4.89. The molecule has 1 aliphatic carbocycles. The lowest BCUT2D eigenvalue weighted by Crippen LogP contribution is -2.36. The summed E-state index contributed by atoms with van der Waals surface area (Å²) in [6, 6.07) is 5.91. The van der Waals surface area contributed by atoms with Crippen LogP contribution >= 0.6 is 0 Å². The summed E-state index contributed by atoms with van der Waals surface area (Å²) in [6.45, 7) is 0.242. The Bertz CT molecular complexity index is 436. The van der Waals surface area contributed by atoms with Crippen LogP contribution in [0.1, 0.15) is 44.2 Å². The van der Waals surface area contributed by atoms with E-state index in [4.69, 9.17) is 5.26 Å². The van der Waals surface area contributed by atoms with Crippen molar-refractivity contribution in [2.24, 2.45) is 0 Å². The second-order valence-corrected chi connectivity index (χ2v) is 4.89. The van der Waals surface area contributed by atoms with Gasteiger partial charge >= 0.3 is 0 Å². The minimum absolute atomic E-state index is 0.00889. The highest BCUT2D eigenvalue weighted by atomic mass is 16.2. The van der Waals surface area contributed by atoms with Crippen LogP contribution in [-0.4, -0.2) is 16.5 Å². The van der Waals surface area contributed by atoms with Gasteiger partial charge in [-0.2, -0.15) is 5.26 Å². The molecule has 1 fully saturated rings. The summed E-state index contributed by atoms with van der Waals surface area (Å²) in [5.41, 5.74) is 0.533. The lowest BCUT2D eigenvalue weighted by Gasteiger charge is -2.16. The van der Waals surface area contributed by atoms with Crippen LogP contribution < -0.4 is 5.32 Å². The van der Waals surface area contributed by atoms with Gasteiger partial charge in [0.15, 0.2) is 0 Å². The summed E-state index contributed by atoms with van der Waals surface area (Å²) in [7, 11) is 0. The van der Waals surface area contributed by atoms with Crippen LogP contribution in [0.15, 0.2) is 18.3 Å². The molecule has 2 rings (SSSR count). The van der Waals surface area contributed by atoms with E-state index in [2.05, 4.69) is 11.4 Å². The van der Waals surface area contributed by atoms with Crippen LogP contribution in [0, 0.1) is 11.3 Å². The largest absolute Gasteiger partial charge is 0.352 e. The van der Waals surface area contributed by atoms with Crippen molar-refractivity contribution in [1.29, 1.82) is 5.26 Å². The number of nitriles is 1. The van der Waals surface area contributed by atoms with E-state index >= 15 is 0 Å². The van der Waals surface area contributed by atoms with Gasteiger partial charge in [-0.15, -0.1) is 0 Å².